The van der Waals surface area contributed by atoms with Crippen molar-refractivity contribution < 1.29 is 14.7 Å². The molecule has 0 fully saturated rings. The smallest absolute Gasteiger partial charge is 0.404 e. The molecule has 0 unspecified atom stereocenters. The first-order valence-electron chi connectivity index (χ1n) is 9.89. The average Bonchev–Trinajstić information content (AvgIpc) is 3.19. The van der Waals surface area contributed by atoms with Crippen LogP contribution >= 0.6 is 0 Å². The quantitative estimate of drug-likeness (QED) is 0.426. The van der Waals surface area contributed by atoms with Crippen molar-refractivity contribution in [2.45, 2.75) is 38.9 Å². The number of anilines is 1. The number of carbonyl (C=O) groups excluding carboxylic acids is 1. The molecule has 10 nitrogen and oxygen atoms in total. The van der Waals surface area contributed by atoms with E-state index in [1.807, 2.05) is 30.3 Å². The monoisotopic (exact) mass is 424 g/mol. The van der Waals surface area contributed by atoms with Gasteiger partial charge in [0.1, 0.15) is 5.69 Å². The van der Waals surface area contributed by atoms with Crippen LogP contribution in [0.15, 0.2) is 59.7 Å². The number of rotatable bonds is 10. The third-order valence-electron chi connectivity index (χ3n) is 4.53. The van der Waals surface area contributed by atoms with Gasteiger partial charge in [-0.1, -0.05) is 35.5 Å². The van der Waals surface area contributed by atoms with Gasteiger partial charge in [-0.2, -0.15) is 0 Å². The summed E-state index contributed by atoms with van der Waals surface area (Å²) in [6.07, 6.45) is 4.03. The Morgan fingerprint density at radius 2 is 1.84 bits per heavy atom. The SMILES string of the molecule is O=C(O)NCc1cn(CCCCn2ccc(NC(=O)Cc3ccccc3)cc2=O)nn1. The number of carboxylic acid groups (broad SMARTS) is 1. The molecule has 0 bridgehead atoms. The van der Waals surface area contributed by atoms with E-state index in [2.05, 4.69) is 20.9 Å². The lowest BCUT2D eigenvalue weighted by Crippen LogP contribution is -2.21. The highest BCUT2D eigenvalue weighted by Gasteiger charge is 2.06. The van der Waals surface area contributed by atoms with Gasteiger partial charge in [-0.05, 0) is 24.5 Å². The molecule has 0 aliphatic heterocycles. The minimum absolute atomic E-state index is 0.110. The summed E-state index contributed by atoms with van der Waals surface area (Å²) in [6.45, 7) is 1.26. The highest BCUT2D eigenvalue weighted by atomic mass is 16.4. The van der Waals surface area contributed by atoms with Crippen LogP contribution in [0.25, 0.3) is 0 Å². The van der Waals surface area contributed by atoms with E-state index < -0.39 is 6.09 Å². The Morgan fingerprint density at radius 3 is 2.58 bits per heavy atom. The number of nitrogens with zero attached hydrogens (tertiary/aromatic N) is 4. The van der Waals surface area contributed by atoms with E-state index in [0.717, 1.165) is 18.4 Å². The van der Waals surface area contributed by atoms with Gasteiger partial charge >= 0.3 is 6.09 Å². The van der Waals surface area contributed by atoms with Crippen molar-refractivity contribution in [3.63, 3.8) is 0 Å². The zero-order valence-electron chi connectivity index (χ0n) is 16.9. The Bertz CT molecular complexity index is 1080. The number of aryl methyl sites for hydroxylation is 2. The van der Waals surface area contributed by atoms with Crippen LogP contribution in [0.4, 0.5) is 10.5 Å². The van der Waals surface area contributed by atoms with Gasteiger partial charge in [-0.25, -0.2) is 4.79 Å². The van der Waals surface area contributed by atoms with Crippen LogP contribution in [0.5, 0.6) is 0 Å². The first kappa shape index (κ1) is 21.8. The molecule has 0 aliphatic carbocycles. The molecule has 0 spiro atoms. The summed E-state index contributed by atoms with van der Waals surface area (Å²) in [6, 6.07) is 12.5. The van der Waals surface area contributed by atoms with Crippen molar-refractivity contribution >= 4 is 17.7 Å². The van der Waals surface area contributed by atoms with E-state index in [4.69, 9.17) is 5.11 Å². The second-order valence-corrected chi connectivity index (χ2v) is 7.00. The molecule has 0 radical (unpaired) electrons. The Hall–Kier alpha value is -3.95. The Morgan fingerprint density at radius 1 is 1.06 bits per heavy atom. The first-order chi connectivity index (χ1) is 15.0. The second kappa shape index (κ2) is 10.7. The molecule has 3 aromatic rings. The first-order valence-corrected chi connectivity index (χ1v) is 9.89. The highest BCUT2D eigenvalue weighted by Crippen LogP contribution is 2.06. The van der Waals surface area contributed by atoms with E-state index in [1.54, 1.807) is 27.7 Å². The van der Waals surface area contributed by atoms with Crippen LogP contribution in [-0.4, -0.2) is 36.7 Å². The van der Waals surface area contributed by atoms with Crippen molar-refractivity contribution in [1.82, 2.24) is 24.9 Å². The number of unbranched alkanes of at least 4 members (excludes halogenated alkanes) is 1. The molecule has 2 aromatic heterocycles. The third-order valence-corrected chi connectivity index (χ3v) is 4.53. The van der Waals surface area contributed by atoms with Crippen molar-refractivity contribution in [2.75, 3.05) is 5.32 Å². The zero-order valence-corrected chi connectivity index (χ0v) is 16.9. The van der Waals surface area contributed by atoms with Gasteiger partial charge in [0, 0.05) is 31.0 Å². The molecule has 1 aromatic carbocycles. The standard InChI is InChI=1S/C21H24N6O4/c28-19(12-16-6-2-1-3-7-16)23-17-8-11-26(20(29)13-17)9-4-5-10-27-15-18(24-25-27)14-22-21(30)31/h1-3,6-8,11,13,15,22H,4-5,9-10,12,14H2,(H,23,28)(H,30,31). The number of hydrogen-bond acceptors (Lipinski definition) is 5. The minimum atomic E-state index is -1.11. The lowest BCUT2D eigenvalue weighted by atomic mass is 10.1. The molecule has 10 heteroatoms. The Balaban J connectivity index is 1.42. The number of carbonyl (C=O) groups is 2. The van der Waals surface area contributed by atoms with E-state index in [-0.39, 0.29) is 24.4 Å². The Labute approximate surface area is 178 Å². The molecule has 2 amide bonds. The largest absolute Gasteiger partial charge is 0.465 e. The lowest BCUT2D eigenvalue weighted by molar-refractivity contribution is -0.115. The summed E-state index contributed by atoms with van der Waals surface area (Å²) in [5.41, 5.74) is 1.75. The predicted octanol–water partition coefficient (Wildman–Crippen LogP) is 1.87. The Kier molecular flexibility index (Phi) is 7.52. The maximum atomic E-state index is 12.3. The summed E-state index contributed by atoms with van der Waals surface area (Å²) in [7, 11) is 0. The van der Waals surface area contributed by atoms with Crippen LogP contribution in [0.3, 0.4) is 0 Å². The van der Waals surface area contributed by atoms with Crippen LogP contribution < -0.4 is 16.2 Å². The van der Waals surface area contributed by atoms with Crippen molar-refractivity contribution in [3.05, 3.63) is 76.5 Å². The van der Waals surface area contributed by atoms with Crippen molar-refractivity contribution in [2.24, 2.45) is 0 Å². The molecule has 0 atom stereocenters. The van der Waals surface area contributed by atoms with Gasteiger partial charge in [0.25, 0.3) is 5.56 Å². The van der Waals surface area contributed by atoms with Crippen LogP contribution in [-0.2, 0) is 30.8 Å². The van der Waals surface area contributed by atoms with E-state index in [1.165, 1.54) is 6.07 Å². The molecule has 2 heterocycles. The fourth-order valence-corrected chi connectivity index (χ4v) is 3.01. The molecule has 0 aliphatic rings. The number of aromatic nitrogens is 4. The molecule has 0 saturated carbocycles. The number of benzene rings is 1. The molecular formula is C21H24N6O4. The lowest BCUT2D eigenvalue weighted by Gasteiger charge is -2.09. The average molecular weight is 424 g/mol. The molecule has 3 N–H and O–H groups in total. The number of nitrogens with one attached hydrogen (secondary N) is 2. The third kappa shape index (κ3) is 7.11. The summed E-state index contributed by atoms with van der Waals surface area (Å²) < 4.78 is 3.24. The second-order valence-electron chi connectivity index (χ2n) is 7.00. The van der Waals surface area contributed by atoms with Crippen molar-refractivity contribution in [1.29, 1.82) is 0 Å². The molecule has 162 valence electrons. The van der Waals surface area contributed by atoms with Gasteiger partial charge in [0.2, 0.25) is 5.91 Å². The van der Waals surface area contributed by atoms with Crippen LogP contribution in [0.1, 0.15) is 24.1 Å². The van der Waals surface area contributed by atoms with Gasteiger partial charge in [-0.3, -0.25) is 14.3 Å². The number of hydrogen-bond donors (Lipinski definition) is 3. The fraction of sp³-hybridized carbons (Fsp3) is 0.286. The minimum Gasteiger partial charge on any atom is -0.465 e. The van der Waals surface area contributed by atoms with Gasteiger partial charge in [-0.15, -0.1) is 5.10 Å². The zero-order chi connectivity index (χ0) is 22.1. The van der Waals surface area contributed by atoms with Gasteiger partial charge < -0.3 is 20.3 Å². The normalized spacial score (nSPS) is 10.6. The number of pyridine rings is 1. The summed E-state index contributed by atoms with van der Waals surface area (Å²) in [4.78, 5) is 34.9. The maximum Gasteiger partial charge on any atom is 0.404 e. The summed E-state index contributed by atoms with van der Waals surface area (Å²) >= 11 is 0. The fourth-order valence-electron chi connectivity index (χ4n) is 3.01. The van der Waals surface area contributed by atoms with E-state index in [0.29, 0.717) is 24.5 Å². The van der Waals surface area contributed by atoms with Gasteiger partial charge in [0.15, 0.2) is 0 Å². The molecule has 0 saturated heterocycles. The maximum absolute atomic E-state index is 12.3. The summed E-state index contributed by atoms with van der Waals surface area (Å²) in [5.74, 6) is -0.172. The molecule has 31 heavy (non-hydrogen) atoms. The predicted molar refractivity (Wildman–Crippen MR) is 114 cm³/mol. The van der Waals surface area contributed by atoms with Crippen molar-refractivity contribution in [3.8, 4) is 0 Å². The van der Waals surface area contributed by atoms with Crippen LogP contribution in [0, 0.1) is 0 Å². The molecular weight excluding hydrogens is 400 g/mol. The topological polar surface area (TPSA) is 131 Å². The highest BCUT2D eigenvalue weighted by molar-refractivity contribution is 5.92. The van der Waals surface area contributed by atoms with Gasteiger partial charge in [0.05, 0.1) is 19.2 Å². The van der Waals surface area contributed by atoms with E-state index in [9.17, 15) is 14.4 Å². The molecule has 3 rings (SSSR count). The number of amides is 2. The summed E-state index contributed by atoms with van der Waals surface area (Å²) in [5, 5.41) is 21.4. The van der Waals surface area contributed by atoms with Crippen LogP contribution in [0.2, 0.25) is 0 Å². The van der Waals surface area contributed by atoms with E-state index >= 15 is 0 Å².